The maximum atomic E-state index is 13.2. The number of fused-ring (bicyclic) bond motifs is 1. The number of thioether (sulfide) groups is 1. The summed E-state index contributed by atoms with van der Waals surface area (Å²) >= 11 is 2.36. The molecule has 0 saturated heterocycles. The third-order valence-corrected chi connectivity index (χ3v) is 5.35. The van der Waals surface area contributed by atoms with Gasteiger partial charge in [0.2, 0.25) is 11.8 Å². The topological polar surface area (TPSA) is 80.9 Å². The van der Waals surface area contributed by atoms with Crippen molar-refractivity contribution in [3.8, 4) is 11.5 Å². The minimum atomic E-state index is -0.333. The molecule has 0 fully saturated rings. The van der Waals surface area contributed by atoms with E-state index in [9.17, 15) is 9.18 Å². The number of aromatic nitrogens is 3. The Labute approximate surface area is 161 Å². The van der Waals surface area contributed by atoms with Crippen LogP contribution in [0.15, 0.2) is 52.1 Å². The van der Waals surface area contributed by atoms with Gasteiger partial charge in [-0.15, -0.1) is 10.2 Å². The summed E-state index contributed by atoms with van der Waals surface area (Å²) < 4.78 is 19.5. The highest BCUT2D eigenvalue weighted by Gasteiger charge is 2.13. The molecule has 0 saturated carbocycles. The van der Waals surface area contributed by atoms with Gasteiger partial charge in [0.15, 0.2) is 5.13 Å². The Morgan fingerprint density at radius 3 is 3.00 bits per heavy atom. The summed E-state index contributed by atoms with van der Waals surface area (Å²) in [5.41, 5.74) is 2.57. The lowest BCUT2D eigenvalue weighted by Crippen LogP contribution is -2.13. The zero-order chi connectivity index (χ0) is 18.8. The standard InChI is InChI=1S/C18H13FN4O2S2/c1-10-3-2-4-11(7-10)16-22-23-18(25-16)26-9-15(24)21-17-20-13-6-5-12(19)8-14(13)27-17/h2-8H,9H2,1H3,(H,20,21,24). The number of nitrogens with zero attached hydrogens (tertiary/aromatic N) is 3. The van der Waals surface area contributed by atoms with Crippen molar-refractivity contribution in [3.05, 3.63) is 53.8 Å². The monoisotopic (exact) mass is 400 g/mol. The number of anilines is 1. The molecule has 136 valence electrons. The van der Waals surface area contributed by atoms with E-state index >= 15 is 0 Å². The number of carbonyl (C=O) groups is 1. The van der Waals surface area contributed by atoms with E-state index in [-0.39, 0.29) is 17.5 Å². The number of carbonyl (C=O) groups excluding carboxylic acids is 1. The molecule has 1 amide bonds. The molecule has 0 aliphatic heterocycles. The molecule has 0 radical (unpaired) electrons. The second-order valence-electron chi connectivity index (χ2n) is 5.71. The van der Waals surface area contributed by atoms with Crippen LogP contribution in [-0.4, -0.2) is 26.8 Å². The van der Waals surface area contributed by atoms with Crippen LogP contribution in [0.5, 0.6) is 0 Å². The number of thiazole rings is 1. The molecule has 0 unspecified atom stereocenters. The Balaban J connectivity index is 1.37. The quantitative estimate of drug-likeness (QED) is 0.496. The van der Waals surface area contributed by atoms with Crippen molar-refractivity contribution in [2.45, 2.75) is 12.1 Å². The summed E-state index contributed by atoms with van der Waals surface area (Å²) in [6.07, 6.45) is 0. The van der Waals surface area contributed by atoms with Crippen molar-refractivity contribution in [2.24, 2.45) is 0 Å². The normalized spacial score (nSPS) is 11.0. The lowest BCUT2D eigenvalue weighted by molar-refractivity contribution is -0.113. The number of hydrogen-bond acceptors (Lipinski definition) is 7. The van der Waals surface area contributed by atoms with Gasteiger partial charge in [-0.1, -0.05) is 40.8 Å². The molecular formula is C18H13FN4O2S2. The van der Waals surface area contributed by atoms with Gasteiger partial charge in [-0.3, -0.25) is 4.79 Å². The van der Waals surface area contributed by atoms with Crippen molar-refractivity contribution in [2.75, 3.05) is 11.1 Å². The van der Waals surface area contributed by atoms with E-state index in [4.69, 9.17) is 4.42 Å². The van der Waals surface area contributed by atoms with Gasteiger partial charge in [0, 0.05) is 5.56 Å². The largest absolute Gasteiger partial charge is 0.411 e. The van der Waals surface area contributed by atoms with Crippen molar-refractivity contribution in [1.82, 2.24) is 15.2 Å². The van der Waals surface area contributed by atoms with Crippen LogP contribution in [0, 0.1) is 12.7 Å². The van der Waals surface area contributed by atoms with E-state index < -0.39 is 0 Å². The molecule has 0 atom stereocenters. The molecular weight excluding hydrogens is 387 g/mol. The van der Waals surface area contributed by atoms with E-state index in [0.717, 1.165) is 22.9 Å². The van der Waals surface area contributed by atoms with Crippen LogP contribution in [0.4, 0.5) is 9.52 Å². The Morgan fingerprint density at radius 1 is 1.26 bits per heavy atom. The van der Waals surface area contributed by atoms with Gasteiger partial charge in [-0.2, -0.15) is 0 Å². The minimum absolute atomic E-state index is 0.0970. The summed E-state index contributed by atoms with van der Waals surface area (Å²) in [5, 5.41) is 11.4. The molecule has 4 aromatic rings. The first-order chi connectivity index (χ1) is 13.1. The number of rotatable bonds is 5. The maximum absolute atomic E-state index is 13.2. The molecule has 2 aromatic heterocycles. The molecule has 27 heavy (non-hydrogen) atoms. The first kappa shape index (κ1) is 17.6. The lowest BCUT2D eigenvalue weighted by atomic mass is 10.1. The van der Waals surface area contributed by atoms with Crippen LogP contribution in [-0.2, 0) is 4.79 Å². The first-order valence-corrected chi connectivity index (χ1v) is 9.76. The summed E-state index contributed by atoms with van der Waals surface area (Å²) in [5.74, 6) is -0.0789. The molecule has 6 nitrogen and oxygen atoms in total. The molecule has 2 aromatic carbocycles. The predicted molar refractivity (Wildman–Crippen MR) is 103 cm³/mol. The van der Waals surface area contributed by atoms with Crippen molar-refractivity contribution < 1.29 is 13.6 Å². The average Bonchev–Trinajstić information content (AvgIpc) is 3.26. The Hall–Kier alpha value is -2.78. The van der Waals surface area contributed by atoms with Gasteiger partial charge in [-0.05, 0) is 37.3 Å². The summed E-state index contributed by atoms with van der Waals surface area (Å²) in [6.45, 7) is 1.98. The van der Waals surface area contributed by atoms with Crippen LogP contribution in [0.2, 0.25) is 0 Å². The van der Waals surface area contributed by atoms with Crippen molar-refractivity contribution in [1.29, 1.82) is 0 Å². The van der Waals surface area contributed by atoms with Crippen LogP contribution in [0.1, 0.15) is 5.56 Å². The first-order valence-electron chi connectivity index (χ1n) is 7.96. The smallest absolute Gasteiger partial charge is 0.277 e. The highest BCUT2D eigenvalue weighted by Crippen LogP contribution is 2.27. The molecule has 0 aliphatic carbocycles. The predicted octanol–water partition coefficient (Wildman–Crippen LogP) is 4.52. The minimum Gasteiger partial charge on any atom is -0.411 e. The van der Waals surface area contributed by atoms with Gasteiger partial charge in [0.1, 0.15) is 5.82 Å². The van der Waals surface area contributed by atoms with Crippen LogP contribution in [0.25, 0.3) is 21.7 Å². The third kappa shape index (κ3) is 4.15. The van der Waals surface area contributed by atoms with Crippen molar-refractivity contribution >= 4 is 44.4 Å². The Kier molecular flexibility index (Phi) is 4.87. The number of aryl methyl sites for hydroxylation is 1. The fourth-order valence-corrected chi connectivity index (χ4v) is 3.87. The number of benzene rings is 2. The van der Waals surface area contributed by atoms with Crippen LogP contribution >= 0.6 is 23.1 Å². The Morgan fingerprint density at radius 2 is 2.15 bits per heavy atom. The Bertz CT molecular complexity index is 1130. The highest BCUT2D eigenvalue weighted by atomic mass is 32.2. The van der Waals surface area contributed by atoms with E-state index in [2.05, 4.69) is 20.5 Å². The molecule has 0 bridgehead atoms. The van der Waals surface area contributed by atoms with E-state index in [0.29, 0.717) is 26.5 Å². The van der Waals surface area contributed by atoms with Crippen molar-refractivity contribution in [3.63, 3.8) is 0 Å². The molecule has 0 spiro atoms. The SMILES string of the molecule is Cc1cccc(-c2nnc(SCC(=O)Nc3nc4ccc(F)cc4s3)o2)c1. The third-order valence-electron chi connectivity index (χ3n) is 3.60. The fourth-order valence-electron chi connectivity index (χ4n) is 2.40. The lowest BCUT2D eigenvalue weighted by Gasteiger charge is -1.99. The van der Waals surface area contributed by atoms with Crippen LogP contribution < -0.4 is 5.32 Å². The molecule has 0 aliphatic rings. The number of amides is 1. The van der Waals surface area contributed by atoms with Gasteiger partial charge in [-0.25, -0.2) is 9.37 Å². The van der Waals surface area contributed by atoms with Gasteiger partial charge >= 0.3 is 0 Å². The number of hydrogen-bond donors (Lipinski definition) is 1. The van der Waals surface area contributed by atoms with E-state index in [1.54, 1.807) is 6.07 Å². The number of halogens is 1. The zero-order valence-electron chi connectivity index (χ0n) is 14.1. The maximum Gasteiger partial charge on any atom is 0.277 e. The van der Waals surface area contributed by atoms with Gasteiger partial charge in [0.25, 0.3) is 5.22 Å². The fraction of sp³-hybridized carbons (Fsp3) is 0.111. The zero-order valence-corrected chi connectivity index (χ0v) is 15.7. The summed E-state index contributed by atoms with van der Waals surface area (Å²) in [6, 6.07) is 12.0. The van der Waals surface area contributed by atoms with Crippen LogP contribution in [0.3, 0.4) is 0 Å². The summed E-state index contributed by atoms with van der Waals surface area (Å²) in [7, 11) is 0. The van der Waals surface area contributed by atoms with E-state index in [1.165, 1.54) is 23.5 Å². The average molecular weight is 400 g/mol. The van der Waals surface area contributed by atoms with Gasteiger partial charge in [0.05, 0.1) is 16.0 Å². The van der Waals surface area contributed by atoms with E-state index in [1.807, 2.05) is 31.2 Å². The number of nitrogens with one attached hydrogen (secondary N) is 1. The van der Waals surface area contributed by atoms with Gasteiger partial charge < -0.3 is 9.73 Å². The molecule has 4 rings (SSSR count). The molecule has 9 heteroatoms. The second-order valence-corrected chi connectivity index (χ2v) is 7.67. The summed E-state index contributed by atoms with van der Waals surface area (Å²) in [4.78, 5) is 16.4. The molecule has 2 heterocycles. The second kappa shape index (κ2) is 7.45. The highest BCUT2D eigenvalue weighted by molar-refractivity contribution is 7.99. The molecule has 1 N–H and O–H groups in total.